The number of hydrogen-bond acceptors (Lipinski definition) is 6. The largest absolute Gasteiger partial charge is 0.486 e. The van der Waals surface area contributed by atoms with Gasteiger partial charge in [-0.3, -0.25) is 0 Å². The average Bonchev–Trinajstić information content (AvgIpc) is 3.09. The van der Waals surface area contributed by atoms with Crippen molar-refractivity contribution >= 4 is 0 Å². The second-order valence-electron chi connectivity index (χ2n) is 4.96. The standard InChI is InChI=1S/C17H14N2O4/c1-2-4-13(5-3-1)22-11-16-18-19-17(23-16)12-6-7-14-15(10-12)21-9-8-20-14/h1-7,10H,8-9,11H2. The van der Waals surface area contributed by atoms with Gasteiger partial charge in [-0.05, 0) is 30.3 Å². The van der Waals surface area contributed by atoms with Crippen molar-refractivity contribution in [2.75, 3.05) is 13.2 Å². The number of aromatic nitrogens is 2. The lowest BCUT2D eigenvalue weighted by atomic mass is 10.2. The van der Waals surface area contributed by atoms with Crippen molar-refractivity contribution in [3.05, 3.63) is 54.4 Å². The SMILES string of the molecule is c1ccc(OCc2nnc(-c3ccc4c(c3)OCCO4)o2)cc1. The first-order valence-electron chi connectivity index (χ1n) is 7.29. The van der Waals surface area contributed by atoms with Gasteiger partial charge in [-0.15, -0.1) is 10.2 Å². The van der Waals surface area contributed by atoms with Gasteiger partial charge >= 0.3 is 0 Å². The molecule has 0 unspecified atom stereocenters. The maximum atomic E-state index is 5.64. The summed E-state index contributed by atoms with van der Waals surface area (Å²) < 4.78 is 22.3. The lowest BCUT2D eigenvalue weighted by Gasteiger charge is -2.18. The van der Waals surface area contributed by atoms with Crippen LogP contribution in [0.1, 0.15) is 5.89 Å². The summed E-state index contributed by atoms with van der Waals surface area (Å²) >= 11 is 0. The third kappa shape index (κ3) is 2.96. The minimum atomic E-state index is 0.224. The molecule has 0 fully saturated rings. The Kier molecular flexibility index (Phi) is 3.56. The second kappa shape index (κ2) is 6.00. The Labute approximate surface area is 132 Å². The van der Waals surface area contributed by atoms with Gasteiger partial charge in [-0.2, -0.15) is 0 Å². The molecule has 0 atom stereocenters. The van der Waals surface area contributed by atoms with Gasteiger partial charge in [0, 0.05) is 5.56 Å². The van der Waals surface area contributed by atoms with Crippen molar-refractivity contribution in [1.82, 2.24) is 10.2 Å². The Balaban J connectivity index is 1.49. The zero-order chi connectivity index (χ0) is 15.5. The van der Waals surface area contributed by atoms with E-state index in [0.717, 1.165) is 17.1 Å². The number of nitrogens with zero attached hydrogens (tertiary/aromatic N) is 2. The summed E-state index contributed by atoms with van der Waals surface area (Å²) in [4.78, 5) is 0. The highest BCUT2D eigenvalue weighted by Crippen LogP contribution is 2.34. The molecule has 6 nitrogen and oxygen atoms in total. The lowest BCUT2D eigenvalue weighted by Crippen LogP contribution is -2.15. The van der Waals surface area contributed by atoms with Gasteiger partial charge in [0.2, 0.25) is 5.89 Å². The Bertz CT molecular complexity index is 801. The molecule has 0 spiro atoms. The fourth-order valence-corrected chi connectivity index (χ4v) is 2.27. The van der Waals surface area contributed by atoms with Crippen LogP contribution in [-0.2, 0) is 6.61 Å². The molecule has 0 bridgehead atoms. The Morgan fingerprint density at radius 1 is 0.913 bits per heavy atom. The first kappa shape index (κ1) is 13.6. The molecule has 0 saturated heterocycles. The summed E-state index contributed by atoms with van der Waals surface area (Å²) in [6.07, 6.45) is 0. The van der Waals surface area contributed by atoms with Crippen LogP contribution in [0, 0.1) is 0 Å². The number of para-hydroxylation sites is 1. The number of ether oxygens (including phenoxy) is 3. The van der Waals surface area contributed by atoms with Crippen molar-refractivity contribution in [3.63, 3.8) is 0 Å². The van der Waals surface area contributed by atoms with E-state index in [4.69, 9.17) is 18.6 Å². The normalized spacial score (nSPS) is 12.9. The van der Waals surface area contributed by atoms with E-state index in [1.54, 1.807) is 0 Å². The molecule has 116 valence electrons. The summed E-state index contributed by atoms with van der Waals surface area (Å²) in [7, 11) is 0. The van der Waals surface area contributed by atoms with Crippen LogP contribution in [0.3, 0.4) is 0 Å². The smallest absolute Gasteiger partial charge is 0.254 e. The molecule has 0 aliphatic carbocycles. The van der Waals surface area contributed by atoms with E-state index in [-0.39, 0.29) is 6.61 Å². The fraction of sp³-hybridized carbons (Fsp3) is 0.176. The molecular formula is C17H14N2O4. The van der Waals surface area contributed by atoms with Gasteiger partial charge in [0.05, 0.1) is 0 Å². The summed E-state index contributed by atoms with van der Waals surface area (Å²) in [6.45, 7) is 1.33. The number of benzene rings is 2. The molecule has 2 heterocycles. The van der Waals surface area contributed by atoms with Crippen LogP contribution in [0.2, 0.25) is 0 Å². The molecule has 0 N–H and O–H groups in total. The van der Waals surface area contributed by atoms with Crippen molar-refractivity contribution in [3.8, 4) is 28.7 Å². The second-order valence-corrected chi connectivity index (χ2v) is 4.96. The number of rotatable bonds is 4. The molecule has 0 radical (unpaired) electrons. The maximum absolute atomic E-state index is 5.64. The van der Waals surface area contributed by atoms with Crippen LogP contribution < -0.4 is 14.2 Å². The van der Waals surface area contributed by atoms with Crippen LogP contribution in [0.15, 0.2) is 52.9 Å². The summed E-state index contributed by atoms with van der Waals surface area (Å²) in [5, 5.41) is 8.06. The molecule has 4 rings (SSSR count). The maximum Gasteiger partial charge on any atom is 0.254 e. The van der Waals surface area contributed by atoms with Crippen molar-refractivity contribution in [2.45, 2.75) is 6.61 Å². The van der Waals surface area contributed by atoms with Gasteiger partial charge in [0.1, 0.15) is 19.0 Å². The highest BCUT2D eigenvalue weighted by atomic mass is 16.6. The number of hydrogen-bond donors (Lipinski definition) is 0. The molecule has 0 amide bonds. The fourth-order valence-electron chi connectivity index (χ4n) is 2.27. The molecular weight excluding hydrogens is 296 g/mol. The number of fused-ring (bicyclic) bond motifs is 1. The Morgan fingerprint density at radius 2 is 1.74 bits per heavy atom. The van der Waals surface area contributed by atoms with Gasteiger partial charge in [-0.1, -0.05) is 18.2 Å². The zero-order valence-electron chi connectivity index (χ0n) is 12.3. The van der Waals surface area contributed by atoms with Crippen molar-refractivity contribution < 1.29 is 18.6 Å². The quantitative estimate of drug-likeness (QED) is 0.737. The molecule has 1 aromatic heterocycles. The highest BCUT2D eigenvalue weighted by Gasteiger charge is 2.15. The molecule has 3 aromatic rings. The van der Waals surface area contributed by atoms with Crippen LogP contribution in [-0.4, -0.2) is 23.4 Å². The Morgan fingerprint density at radius 3 is 2.61 bits per heavy atom. The molecule has 23 heavy (non-hydrogen) atoms. The van der Waals surface area contributed by atoms with Crippen molar-refractivity contribution in [2.24, 2.45) is 0 Å². The van der Waals surface area contributed by atoms with E-state index in [1.165, 1.54) is 0 Å². The zero-order valence-corrected chi connectivity index (χ0v) is 12.3. The molecule has 2 aromatic carbocycles. The van der Waals surface area contributed by atoms with Gasteiger partial charge in [0.25, 0.3) is 5.89 Å². The molecule has 0 saturated carbocycles. The summed E-state index contributed by atoms with van der Waals surface area (Å²) in [5.74, 6) is 3.01. The summed E-state index contributed by atoms with van der Waals surface area (Å²) in [5.41, 5.74) is 0.785. The third-order valence-electron chi connectivity index (χ3n) is 3.36. The average molecular weight is 310 g/mol. The predicted molar refractivity (Wildman–Crippen MR) is 81.5 cm³/mol. The third-order valence-corrected chi connectivity index (χ3v) is 3.36. The summed E-state index contributed by atoms with van der Waals surface area (Å²) in [6, 6.07) is 15.0. The van der Waals surface area contributed by atoms with Gasteiger partial charge < -0.3 is 18.6 Å². The predicted octanol–water partition coefficient (Wildman–Crippen LogP) is 3.09. The minimum Gasteiger partial charge on any atom is -0.486 e. The van der Waals surface area contributed by atoms with Gasteiger partial charge in [0.15, 0.2) is 18.1 Å². The van der Waals surface area contributed by atoms with Crippen LogP contribution in [0.4, 0.5) is 0 Å². The van der Waals surface area contributed by atoms with Gasteiger partial charge in [-0.25, -0.2) is 0 Å². The van der Waals surface area contributed by atoms with E-state index in [0.29, 0.717) is 30.7 Å². The first-order valence-corrected chi connectivity index (χ1v) is 7.29. The minimum absolute atomic E-state index is 0.224. The molecule has 1 aliphatic heterocycles. The van der Waals surface area contributed by atoms with Crippen LogP contribution in [0.5, 0.6) is 17.2 Å². The van der Waals surface area contributed by atoms with Crippen LogP contribution in [0.25, 0.3) is 11.5 Å². The lowest BCUT2D eigenvalue weighted by molar-refractivity contribution is 0.171. The first-order chi connectivity index (χ1) is 11.4. The van der Waals surface area contributed by atoms with E-state index in [9.17, 15) is 0 Å². The van der Waals surface area contributed by atoms with Crippen molar-refractivity contribution in [1.29, 1.82) is 0 Å². The van der Waals surface area contributed by atoms with E-state index < -0.39 is 0 Å². The van der Waals surface area contributed by atoms with Crippen LogP contribution >= 0.6 is 0 Å². The highest BCUT2D eigenvalue weighted by molar-refractivity contribution is 5.59. The van der Waals surface area contributed by atoms with E-state index in [1.807, 2.05) is 48.5 Å². The van der Waals surface area contributed by atoms with E-state index >= 15 is 0 Å². The molecule has 6 heteroatoms. The monoisotopic (exact) mass is 310 g/mol. The van der Waals surface area contributed by atoms with E-state index in [2.05, 4.69) is 10.2 Å². The Hall–Kier alpha value is -3.02. The topological polar surface area (TPSA) is 66.6 Å². The molecule has 1 aliphatic rings.